The van der Waals surface area contributed by atoms with Crippen LogP contribution >= 0.6 is 0 Å². The van der Waals surface area contributed by atoms with Crippen LogP contribution in [0.4, 0.5) is 0 Å². The van der Waals surface area contributed by atoms with Crippen molar-refractivity contribution < 1.29 is 47.7 Å². The molecule has 3 N–H and O–H groups in total. The van der Waals surface area contributed by atoms with Gasteiger partial charge in [-0.2, -0.15) is 0 Å². The molecule has 3 aromatic heterocycles. The summed E-state index contributed by atoms with van der Waals surface area (Å²) < 4.78 is 19.6. The maximum absolute atomic E-state index is 12.5. The van der Waals surface area contributed by atoms with Gasteiger partial charge in [0.15, 0.2) is 5.60 Å². The third kappa shape index (κ3) is 8.20. The molecule has 3 amide bonds. The lowest BCUT2D eigenvalue weighted by molar-refractivity contribution is -0.140. The Labute approximate surface area is 256 Å². The van der Waals surface area contributed by atoms with Crippen LogP contribution < -0.4 is 16.0 Å². The topological polar surface area (TPSA) is 214 Å². The molecule has 0 radical (unpaired) electrons. The number of hydrogen-bond donors (Lipinski definition) is 3. The van der Waals surface area contributed by atoms with Gasteiger partial charge in [0.25, 0.3) is 17.7 Å². The van der Waals surface area contributed by atoms with Gasteiger partial charge in [0.05, 0.1) is 55.1 Å². The standard InChI is InChI=1S/C29H30N6O10/c1-42-23(36)14-33-26(39)17-5-8-20(30-11-17)29(45-4,21-9-6-18(12-31-21)27(40)34-15-24(37)43-2)22-10-7-19(13-32-22)28(41)35-16-25(38)44-3/h5-13H,14-16H2,1-4H3,(H,33,39)(H,34,40)(H,35,41). The number of amides is 3. The highest BCUT2D eigenvalue weighted by Crippen LogP contribution is 2.37. The molecule has 0 bridgehead atoms. The summed E-state index contributed by atoms with van der Waals surface area (Å²) in [5.41, 5.74) is -0.569. The molecular weight excluding hydrogens is 592 g/mol. The highest BCUT2D eigenvalue weighted by molar-refractivity contribution is 5.97. The lowest BCUT2D eigenvalue weighted by atomic mass is 9.88. The van der Waals surface area contributed by atoms with Crippen molar-refractivity contribution in [3.8, 4) is 0 Å². The number of hydrogen-bond acceptors (Lipinski definition) is 13. The highest BCUT2D eigenvalue weighted by Gasteiger charge is 2.41. The molecule has 16 heteroatoms. The Kier molecular flexibility index (Phi) is 11.7. The zero-order valence-electron chi connectivity index (χ0n) is 24.7. The van der Waals surface area contributed by atoms with Gasteiger partial charge in [-0.15, -0.1) is 0 Å². The quantitative estimate of drug-likeness (QED) is 0.162. The van der Waals surface area contributed by atoms with E-state index in [0.29, 0.717) is 0 Å². The molecule has 3 heterocycles. The summed E-state index contributed by atoms with van der Waals surface area (Å²) in [6.45, 7) is -1.02. The van der Waals surface area contributed by atoms with Crippen molar-refractivity contribution in [3.63, 3.8) is 0 Å². The Morgan fingerprint density at radius 1 is 0.533 bits per heavy atom. The summed E-state index contributed by atoms with van der Waals surface area (Å²) >= 11 is 0. The smallest absolute Gasteiger partial charge is 0.325 e. The van der Waals surface area contributed by atoms with E-state index in [-0.39, 0.29) is 53.4 Å². The lowest BCUT2D eigenvalue weighted by Gasteiger charge is -2.31. The molecule has 45 heavy (non-hydrogen) atoms. The first-order valence-corrected chi connectivity index (χ1v) is 13.1. The molecule has 0 unspecified atom stereocenters. The van der Waals surface area contributed by atoms with Crippen molar-refractivity contribution in [1.29, 1.82) is 0 Å². The summed E-state index contributed by atoms with van der Waals surface area (Å²) in [7, 11) is 4.95. The van der Waals surface area contributed by atoms with Gasteiger partial charge in [0, 0.05) is 25.7 Å². The average Bonchev–Trinajstić information content (AvgIpc) is 3.09. The Morgan fingerprint density at radius 2 is 0.822 bits per heavy atom. The average molecular weight is 623 g/mol. The molecule has 0 atom stereocenters. The van der Waals surface area contributed by atoms with E-state index in [1.165, 1.54) is 83.4 Å². The SMILES string of the molecule is COC(=O)CNC(=O)c1ccc(C(OC)(c2ccc(C(=O)NCC(=O)OC)cn2)c2ccc(C(=O)NCC(=O)OC)cn2)nc1. The monoisotopic (exact) mass is 622 g/mol. The van der Waals surface area contributed by atoms with Crippen LogP contribution in [0.3, 0.4) is 0 Å². The van der Waals surface area contributed by atoms with Gasteiger partial charge in [-0.05, 0) is 36.4 Å². The van der Waals surface area contributed by atoms with Gasteiger partial charge in [0.1, 0.15) is 19.6 Å². The number of nitrogens with zero attached hydrogens (tertiary/aromatic N) is 3. The second-order valence-electron chi connectivity index (χ2n) is 8.96. The van der Waals surface area contributed by atoms with Gasteiger partial charge in [-0.25, -0.2) is 0 Å². The number of nitrogens with one attached hydrogen (secondary N) is 3. The van der Waals surface area contributed by atoms with Crippen LogP contribution in [0.15, 0.2) is 55.0 Å². The molecule has 0 aliphatic carbocycles. The molecule has 16 nitrogen and oxygen atoms in total. The van der Waals surface area contributed by atoms with E-state index in [1.54, 1.807) is 0 Å². The van der Waals surface area contributed by atoms with Crippen LogP contribution in [0, 0.1) is 0 Å². The first-order valence-electron chi connectivity index (χ1n) is 13.1. The second-order valence-corrected chi connectivity index (χ2v) is 8.96. The zero-order chi connectivity index (χ0) is 33.0. The predicted octanol–water partition coefficient (Wildman–Crippen LogP) is -0.482. The van der Waals surface area contributed by atoms with Crippen molar-refractivity contribution in [2.24, 2.45) is 0 Å². The van der Waals surface area contributed by atoms with Gasteiger partial charge < -0.3 is 34.9 Å². The van der Waals surface area contributed by atoms with E-state index in [0.717, 1.165) is 0 Å². The van der Waals surface area contributed by atoms with Gasteiger partial charge in [-0.3, -0.25) is 43.7 Å². The number of methoxy groups -OCH3 is 4. The number of pyridine rings is 3. The minimum Gasteiger partial charge on any atom is -0.468 e. The molecular formula is C29H30N6O10. The van der Waals surface area contributed by atoms with Crippen LogP contribution in [0.2, 0.25) is 0 Å². The van der Waals surface area contributed by atoms with Crippen molar-refractivity contribution in [2.75, 3.05) is 48.1 Å². The summed E-state index contributed by atoms with van der Waals surface area (Å²) in [4.78, 5) is 85.1. The van der Waals surface area contributed by atoms with Crippen molar-refractivity contribution >= 4 is 35.6 Å². The molecule has 0 spiro atoms. The third-order valence-corrected chi connectivity index (χ3v) is 6.33. The Morgan fingerprint density at radius 3 is 1.02 bits per heavy atom. The van der Waals surface area contributed by atoms with Crippen molar-refractivity contribution in [2.45, 2.75) is 5.60 Å². The lowest BCUT2D eigenvalue weighted by Crippen LogP contribution is -2.36. The summed E-state index contributed by atoms with van der Waals surface area (Å²) in [5, 5.41) is 7.25. The van der Waals surface area contributed by atoms with Crippen LogP contribution in [0.25, 0.3) is 0 Å². The van der Waals surface area contributed by atoms with Gasteiger partial charge in [0.2, 0.25) is 0 Å². The molecule has 0 saturated carbocycles. The summed E-state index contributed by atoms with van der Waals surface area (Å²) in [6, 6.07) is 8.83. The van der Waals surface area contributed by atoms with Crippen LogP contribution in [-0.4, -0.2) is 98.7 Å². The van der Waals surface area contributed by atoms with E-state index in [1.807, 2.05) is 0 Å². The van der Waals surface area contributed by atoms with Crippen molar-refractivity contribution in [1.82, 2.24) is 30.9 Å². The molecule has 0 fully saturated rings. The number of carbonyl (C=O) groups is 6. The van der Waals surface area contributed by atoms with Crippen molar-refractivity contribution in [3.05, 3.63) is 88.8 Å². The normalized spacial score (nSPS) is 10.7. The minimum absolute atomic E-state index is 0.129. The first-order chi connectivity index (χ1) is 21.6. The molecule has 3 rings (SSSR count). The zero-order valence-corrected chi connectivity index (χ0v) is 24.7. The summed E-state index contributed by atoms with van der Waals surface area (Å²) in [5.74, 6) is -3.63. The predicted molar refractivity (Wildman–Crippen MR) is 153 cm³/mol. The fourth-order valence-corrected chi connectivity index (χ4v) is 3.90. The fourth-order valence-electron chi connectivity index (χ4n) is 3.90. The van der Waals surface area contributed by atoms with Crippen LogP contribution in [0.5, 0.6) is 0 Å². The number of carbonyl (C=O) groups excluding carboxylic acids is 6. The van der Waals surface area contributed by atoms with E-state index >= 15 is 0 Å². The second kappa shape index (κ2) is 15.6. The number of rotatable bonds is 13. The summed E-state index contributed by atoms with van der Waals surface area (Å²) in [6.07, 6.45) is 3.79. The van der Waals surface area contributed by atoms with E-state index in [4.69, 9.17) is 4.74 Å². The highest BCUT2D eigenvalue weighted by atomic mass is 16.5. The number of aromatic nitrogens is 3. The Hall–Kier alpha value is -5.77. The third-order valence-electron chi connectivity index (χ3n) is 6.33. The van der Waals surface area contributed by atoms with E-state index < -0.39 is 41.2 Å². The minimum atomic E-state index is -1.62. The molecule has 0 aliphatic heterocycles. The maximum atomic E-state index is 12.5. The molecule has 0 aliphatic rings. The molecule has 0 aromatic carbocycles. The van der Waals surface area contributed by atoms with Gasteiger partial charge in [-0.1, -0.05) is 0 Å². The van der Waals surface area contributed by atoms with Crippen LogP contribution in [0.1, 0.15) is 48.2 Å². The fraction of sp³-hybridized carbons (Fsp3) is 0.276. The van der Waals surface area contributed by atoms with E-state index in [2.05, 4.69) is 45.1 Å². The van der Waals surface area contributed by atoms with E-state index in [9.17, 15) is 28.8 Å². The first kappa shape index (κ1) is 33.7. The number of esters is 3. The largest absolute Gasteiger partial charge is 0.468 e. The maximum Gasteiger partial charge on any atom is 0.325 e. The molecule has 236 valence electrons. The molecule has 0 saturated heterocycles. The molecule has 3 aromatic rings. The van der Waals surface area contributed by atoms with Crippen LogP contribution in [-0.2, 0) is 38.9 Å². The van der Waals surface area contributed by atoms with Gasteiger partial charge >= 0.3 is 17.9 Å². The number of ether oxygens (including phenoxy) is 4. The Bertz CT molecular complexity index is 1360. The Balaban J connectivity index is 2.01.